The smallest absolute Gasteiger partial charge is 0.164 e. The van der Waals surface area contributed by atoms with E-state index in [0.29, 0.717) is 0 Å². The molecule has 0 spiro atoms. The molecule has 3 heteroatoms. The molecule has 0 unspecified atom stereocenters. The van der Waals surface area contributed by atoms with Crippen molar-refractivity contribution < 1.29 is 9.47 Å². The molecule has 82 valence electrons. The lowest BCUT2D eigenvalue weighted by atomic mass is 9.87. The quantitative estimate of drug-likeness (QED) is 0.807. The van der Waals surface area contributed by atoms with Crippen LogP contribution in [0.25, 0.3) is 0 Å². The number of nitrogens with two attached hydrogens (primary N) is 1. The van der Waals surface area contributed by atoms with Crippen LogP contribution in [0, 0.1) is 0 Å². The monoisotopic (exact) mass is 207 g/mol. The highest BCUT2D eigenvalue weighted by Gasteiger charge is 2.22. The predicted octanol–water partition coefficient (Wildman–Crippen LogP) is 2.04. The molecule has 15 heavy (non-hydrogen) atoms. The van der Waals surface area contributed by atoms with Gasteiger partial charge in [-0.2, -0.15) is 0 Å². The minimum Gasteiger partial charge on any atom is -0.493 e. The van der Waals surface area contributed by atoms with E-state index < -0.39 is 0 Å². The van der Waals surface area contributed by atoms with Crippen molar-refractivity contribution in [2.24, 2.45) is 5.73 Å². The molecule has 3 nitrogen and oxygen atoms in total. The zero-order chi connectivity index (χ0) is 10.8. The topological polar surface area (TPSA) is 44.5 Å². The Morgan fingerprint density at radius 2 is 2.07 bits per heavy atom. The minimum atomic E-state index is 0.147. The minimum absolute atomic E-state index is 0.147. The lowest BCUT2D eigenvalue weighted by molar-refractivity contribution is 0.348. The second kappa shape index (κ2) is 4.11. The van der Waals surface area contributed by atoms with Crippen molar-refractivity contribution in [1.82, 2.24) is 0 Å². The van der Waals surface area contributed by atoms with Crippen LogP contribution in [0.4, 0.5) is 0 Å². The molecular weight excluding hydrogens is 190 g/mol. The first-order valence-corrected chi connectivity index (χ1v) is 5.27. The first kappa shape index (κ1) is 10.3. The third-order valence-electron chi connectivity index (χ3n) is 3.03. The summed E-state index contributed by atoms with van der Waals surface area (Å²) in [7, 11) is 3.34. The molecule has 1 aromatic rings. The summed E-state index contributed by atoms with van der Waals surface area (Å²) < 4.78 is 10.7. The fourth-order valence-corrected chi connectivity index (χ4v) is 2.27. The van der Waals surface area contributed by atoms with Crippen LogP contribution in [0.1, 0.15) is 30.0 Å². The first-order valence-electron chi connectivity index (χ1n) is 5.27. The Hall–Kier alpha value is -1.22. The van der Waals surface area contributed by atoms with E-state index in [4.69, 9.17) is 15.2 Å². The predicted molar refractivity (Wildman–Crippen MR) is 59.4 cm³/mol. The van der Waals surface area contributed by atoms with Gasteiger partial charge >= 0.3 is 0 Å². The highest BCUT2D eigenvalue weighted by Crippen LogP contribution is 2.39. The van der Waals surface area contributed by atoms with E-state index in [1.54, 1.807) is 14.2 Å². The van der Waals surface area contributed by atoms with Crippen LogP contribution in [0.5, 0.6) is 11.5 Å². The number of methoxy groups -OCH3 is 2. The Balaban J connectivity index is 2.53. The van der Waals surface area contributed by atoms with Gasteiger partial charge in [0.25, 0.3) is 0 Å². The van der Waals surface area contributed by atoms with Gasteiger partial charge in [0, 0.05) is 11.6 Å². The van der Waals surface area contributed by atoms with Crippen LogP contribution in [0.2, 0.25) is 0 Å². The molecule has 2 rings (SSSR count). The summed E-state index contributed by atoms with van der Waals surface area (Å²) in [4.78, 5) is 0. The molecule has 2 N–H and O–H groups in total. The number of hydrogen-bond acceptors (Lipinski definition) is 3. The zero-order valence-corrected chi connectivity index (χ0v) is 9.25. The van der Waals surface area contributed by atoms with E-state index in [9.17, 15) is 0 Å². The van der Waals surface area contributed by atoms with Crippen molar-refractivity contribution in [3.8, 4) is 11.5 Å². The van der Waals surface area contributed by atoms with Crippen LogP contribution >= 0.6 is 0 Å². The molecule has 0 aliphatic heterocycles. The average molecular weight is 207 g/mol. The van der Waals surface area contributed by atoms with Crippen molar-refractivity contribution >= 4 is 0 Å². The van der Waals surface area contributed by atoms with E-state index in [-0.39, 0.29) is 6.04 Å². The lowest BCUT2D eigenvalue weighted by Gasteiger charge is -2.25. The van der Waals surface area contributed by atoms with Gasteiger partial charge in [0.1, 0.15) is 0 Å². The summed E-state index contributed by atoms with van der Waals surface area (Å²) in [5, 5.41) is 0. The molecule has 1 atom stereocenters. The second-order valence-corrected chi connectivity index (χ2v) is 3.87. The summed E-state index contributed by atoms with van der Waals surface area (Å²) in [6.45, 7) is 0. The van der Waals surface area contributed by atoms with Crippen molar-refractivity contribution in [3.63, 3.8) is 0 Å². The summed E-state index contributed by atoms with van der Waals surface area (Å²) in [6.07, 6.45) is 3.21. The van der Waals surface area contributed by atoms with Crippen LogP contribution in [-0.2, 0) is 6.42 Å². The lowest BCUT2D eigenvalue weighted by Crippen LogP contribution is -2.18. The number of benzene rings is 1. The summed E-state index contributed by atoms with van der Waals surface area (Å²) in [6, 6.07) is 4.14. The highest BCUT2D eigenvalue weighted by atomic mass is 16.5. The van der Waals surface area contributed by atoms with Gasteiger partial charge in [-0.1, -0.05) is 6.07 Å². The van der Waals surface area contributed by atoms with Gasteiger partial charge in [-0.15, -0.1) is 0 Å². The van der Waals surface area contributed by atoms with Crippen molar-refractivity contribution in [3.05, 3.63) is 23.3 Å². The molecule has 0 saturated carbocycles. The van der Waals surface area contributed by atoms with E-state index in [0.717, 1.165) is 30.8 Å². The fraction of sp³-hybridized carbons (Fsp3) is 0.500. The van der Waals surface area contributed by atoms with Gasteiger partial charge < -0.3 is 15.2 Å². The largest absolute Gasteiger partial charge is 0.493 e. The van der Waals surface area contributed by atoms with Gasteiger partial charge in [-0.05, 0) is 30.9 Å². The van der Waals surface area contributed by atoms with E-state index in [1.165, 1.54) is 11.1 Å². The Morgan fingerprint density at radius 3 is 2.73 bits per heavy atom. The zero-order valence-electron chi connectivity index (χ0n) is 9.25. The Labute approximate surface area is 90.2 Å². The third-order valence-corrected chi connectivity index (χ3v) is 3.03. The number of rotatable bonds is 2. The molecule has 0 fully saturated rings. The highest BCUT2D eigenvalue weighted by molar-refractivity contribution is 5.52. The van der Waals surface area contributed by atoms with Gasteiger partial charge in [-0.3, -0.25) is 0 Å². The molecule has 1 aliphatic carbocycles. The van der Waals surface area contributed by atoms with E-state index in [1.807, 2.05) is 6.07 Å². The van der Waals surface area contributed by atoms with Crippen LogP contribution in [-0.4, -0.2) is 14.2 Å². The van der Waals surface area contributed by atoms with Crippen molar-refractivity contribution in [2.75, 3.05) is 14.2 Å². The molecule has 0 bridgehead atoms. The molecule has 0 aromatic heterocycles. The van der Waals surface area contributed by atoms with Gasteiger partial charge in [0.15, 0.2) is 11.5 Å². The SMILES string of the molecule is COc1ccc2c(c1OC)CCC[C@H]2N. The van der Waals surface area contributed by atoms with Gasteiger partial charge in [-0.25, -0.2) is 0 Å². The summed E-state index contributed by atoms with van der Waals surface area (Å²) in [5.41, 5.74) is 8.49. The van der Waals surface area contributed by atoms with Gasteiger partial charge in [0.05, 0.1) is 14.2 Å². The maximum Gasteiger partial charge on any atom is 0.164 e. The average Bonchev–Trinajstić information content (AvgIpc) is 2.28. The normalized spacial score (nSPS) is 19.5. The van der Waals surface area contributed by atoms with Crippen molar-refractivity contribution in [2.45, 2.75) is 25.3 Å². The third kappa shape index (κ3) is 1.67. The Bertz CT molecular complexity index is 363. The summed E-state index contributed by atoms with van der Waals surface area (Å²) in [5.74, 6) is 1.65. The fourth-order valence-electron chi connectivity index (χ4n) is 2.27. The maximum absolute atomic E-state index is 6.07. The van der Waals surface area contributed by atoms with Crippen LogP contribution < -0.4 is 15.2 Å². The van der Waals surface area contributed by atoms with Crippen LogP contribution in [0.3, 0.4) is 0 Å². The molecule has 0 saturated heterocycles. The molecule has 1 aromatic carbocycles. The first-order chi connectivity index (χ1) is 7.27. The second-order valence-electron chi connectivity index (χ2n) is 3.87. The van der Waals surface area contributed by atoms with E-state index >= 15 is 0 Å². The molecule has 1 aliphatic rings. The van der Waals surface area contributed by atoms with Gasteiger partial charge in [0.2, 0.25) is 0 Å². The molecule has 0 amide bonds. The maximum atomic E-state index is 6.07. The van der Waals surface area contributed by atoms with Crippen molar-refractivity contribution in [1.29, 1.82) is 0 Å². The molecule has 0 radical (unpaired) electrons. The standard InChI is InChI=1S/C12H17NO2/c1-14-11-7-6-8-9(12(11)15-2)4-3-5-10(8)13/h6-7,10H,3-5,13H2,1-2H3/t10-/m1/s1. The number of ether oxygens (including phenoxy) is 2. The number of fused-ring (bicyclic) bond motifs is 1. The summed E-state index contributed by atoms with van der Waals surface area (Å²) >= 11 is 0. The molecule has 0 heterocycles. The Morgan fingerprint density at radius 1 is 1.27 bits per heavy atom. The van der Waals surface area contributed by atoms with E-state index in [2.05, 4.69) is 6.07 Å². The van der Waals surface area contributed by atoms with Crippen LogP contribution in [0.15, 0.2) is 12.1 Å². The Kier molecular flexibility index (Phi) is 2.82. The molecular formula is C12H17NO2. The number of hydrogen-bond donors (Lipinski definition) is 1.